The Bertz CT molecular complexity index is 514. The van der Waals surface area contributed by atoms with Gasteiger partial charge in [0.1, 0.15) is 17.1 Å². The van der Waals surface area contributed by atoms with Crippen molar-refractivity contribution in [2.75, 3.05) is 27.3 Å². The molecule has 0 N–H and O–H groups in total. The summed E-state index contributed by atoms with van der Waals surface area (Å²) in [4.78, 5) is 25.2. The average molecular weight is 295 g/mol. The van der Waals surface area contributed by atoms with Gasteiger partial charge >= 0.3 is 11.9 Å². The van der Waals surface area contributed by atoms with Gasteiger partial charge in [0.2, 0.25) is 0 Å². The molecule has 1 aromatic heterocycles. The summed E-state index contributed by atoms with van der Waals surface area (Å²) in [5, 5.41) is 0. The van der Waals surface area contributed by atoms with Gasteiger partial charge in [-0.1, -0.05) is 0 Å². The van der Waals surface area contributed by atoms with Crippen molar-refractivity contribution in [3.8, 4) is 0 Å². The standard InChI is InChI=1S/C15H21NO5/c1-10-13(15(18)20-3)8-12(21-10)9-16-6-4-11(5-7-16)14(17)19-2/h8,11H,4-7,9H2,1-3H3. The number of carbonyl (C=O) groups is 2. The Morgan fingerprint density at radius 3 is 2.52 bits per heavy atom. The van der Waals surface area contributed by atoms with E-state index in [4.69, 9.17) is 13.9 Å². The minimum atomic E-state index is -0.383. The highest BCUT2D eigenvalue weighted by Crippen LogP contribution is 2.22. The molecule has 1 aliphatic heterocycles. The molecule has 6 heteroatoms. The topological polar surface area (TPSA) is 69.0 Å². The number of esters is 2. The molecule has 1 saturated heterocycles. The van der Waals surface area contributed by atoms with Crippen LogP contribution in [0.2, 0.25) is 0 Å². The number of aryl methyl sites for hydroxylation is 1. The first-order valence-electron chi connectivity index (χ1n) is 7.03. The van der Waals surface area contributed by atoms with Crippen molar-refractivity contribution >= 4 is 11.9 Å². The molecule has 0 aliphatic carbocycles. The molecule has 0 bridgehead atoms. The van der Waals surface area contributed by atoms with Crippen LogP contribution in [-0.4, -0.2) is 44.1 Å². The van der Waals surface area contributed by atoms with Crippen LogP contribution in [0.1, 0.15) is 34.7 Å². The van der Waals surface area contributed by atoms with Gasteiger partial charge in [-0.05, 0) is 38.9 Å². The lowest BCUT2D eigenvalue weighted by atomic mass is 9.97. The van der Waals surface area contributed by atoms with Crippen LogP contribution in [0.3, 0.4) is 0 Å². The van der Waals surface area contributed by atoms with Crippen LogP contribution in [0.25, 0.3) is 0 Å². The zero-order valence-electron chi connectivity index (χ0n) is 12.7. The summed E-state index contributed by atoms with van der Waals surface area (Å²) in [5.74, 6) is 0.796. The van der Waals surface area contributed by atoms with Gasteiger partial charge in [0.15, 0.2) is 0 Å². The highest BCUT2D eigenvalue weighted by Gasteiger charge is 2.26. The summed E-state index contributed by atoms with van der Waals surface area (Å²) in [6.45, 7) is 4.01. The number of piperidine rings is 1. The van der Waals surface area contributed by atoms with E-state index in [1.54, 1.807) is 13.0 Å². The second kappa shape index (κ2) is 6.76. The summed E-state index contributed by atoms with van der Waals surface area (Å²) in [6, 6.07) is 1.73. The van der Waals surface area contributed by atoms with Gasteiger partial charge in [0, 0.05) is 0 Å². The molecule has 1 fully saturated rings. The van der Waals surface area contributed by atoms with Crippen molar-refractivity contribution in [3.63, 3.8) is 0 Å². The highest BCUT2D eigenvalue weighted by atomic mass is 16.5. The van der Waals surface area contributed by atoms with Crippen LogP contribution in [0.15, 0.2) is 10.5 Å². The van der Waals surface area contributed by atoms with Crippen molar-refractivity contribution in [1.29, 1.82) is 0 Å². The van der Waals surface area contributed by atoms with Crippen LogP contribution >= 0.6 is 0 Å². The number of furan rings is 1. The minimum Gasteiger partial charge on any atom is -0.469 e. The van der Waals surface area contributed by atoms with E-state index < -0.39 is 0 Å². The lowest BCUT2D eigenvalue weighted by Crippen LogP contribution is -2.36. The Morgan fingerprint density at radius 2 is 1.95 bits per heavy atom. The van der Waals surface area contributed by atoms with Crippen molar-refractivity contribution in [1.82, 2.24) is 4.90 Å². The third kappa shape index (κ3) is 3.64. The molecule has 0 amide bonds. The van der Waals surface area contributed by atoms with E-state index in [2.05, 4.69) is 4.90 Å². The summed E-state index contributed by atoms with van der Waals surface area (Å²) in [5.41, 5.74) is 0.469. The van der Waals surface area contributed by atoms with E-state index in [9.17, 15) is 9.59 Å². The molecule has 1 aliphatic rings. The Kier molecular flexibility index (Phi) is 5.01. The maximum Gasteiger partial charge on any atom is 0.341 e. The van der Waals surface area contributed by atoms with Gasteiger partial charge < -0.3 is 13.9 Å². The third-order valence-corrected chi connectivity index (χ3v) is 3.88. The first-order valence-corrected chi connectivity index (χ1v) is 7.03. The maximum atomic E-state index is 11.5. The predicted molar refractivity (Wildman–Crippen MR) is 74.8 cm³/mol. The van der Waals surface area contributed by atoms with Crippen LogP contribution in [0.5, 0.6) is 0 Å². The smallest absolute Gasteiger partial charge is 0.341 e. The largest absolute Gasteiger partial charge is 0.469 e. The summed E-state index contributed by atoms with van der Waals surface area (Å²) >= 11 is 0. The van der Waals surface area contributed by atoms with Gasteiger partial charge in [-0.25, -0.2) is 4.79 Å². The molecular formula is C15H21NO5. The molecule has 0 atom stereocenters. The maximum absolute atomic E-state index is 11.5. The zero-order chi connectivity index (χ0) is 15.4. The van der Waals surface area contributed by atoms with Gasteiger partial charge in [-0.2, -0.15) is 0 Å². The SMILES string of the molecule is COC(=O)c1cc(CN2CCC(C(=O)OC)CC2)oc1C. The molecular weight excluding hydrogens is 274 g/mol. The molecule has 0 unspecified atom stereocenters. The average Bonchev–Trinajstić information content (AvgIpc) is 2.87. The van der Waals surface area contributed by atoms with E-state index >= 15 is 0 Å². The number of hydrogen-bond donors (Lipinski definition) is 0. The third-order valence-electron chi connectivity index (χ3n) is 3.88. The van der Waals surface area contributed by atoms with Crippen LogP contribution in [-0.2, 0) is 20.8 Å². The summed E-state index contributed by atoms with van der Waals surface area (Å²) in [7, 11) is 2.78. The molecule has 0 aromatic carbocycles. The predicted octanol–water partition coefficient (Wildman–Crippen LogP) is 1.76. The molecule has 6 nitrogen and oxygen atoms in total. The normalized spacial score (nSPS) is 16.7. The second-order valence-corrected chi connectivity index (χ2v) is 5.25. The monoisotopic (exact) mass is 295 g/mol. The summed E-state index contributed by atoms with van der Waals surface area (Å²) in [6.07, 6.45) is 1.58. The Labute approximate surface area is 124 Å². The fourth-order valence-electron chi connectivity index (χ4n) is 2.65. The molecule has 116 valence electrons. The quantitative estimate of drug-likeness (QED) is 0.788. The van der Waals surface area contributed by atoms with E-state index in [1.807, 2.05) is 0 Å². The molecule has 21 heavy (non-hydrogen) atoms. The fourth-order valence-corrected chi connectivity index (χ4v) is 2.65. The molecule has 0 saturated carbocycles. The van der Waals surface area contributed by atoms with Crippen LogP contribution in [0, 0.1) is 12.8 Å². The van der Waals surface area contributed by atoms with E-state index in [0.717, 1.165) is 31.7 Å². The fraction of sp³-hybridized carbons (Fsp3) is 0.600. The van der Waals surface area contributed by atoms with Crippen molar-refractivity contribution < 1.29 is 23.5 Å². The number of ether oxygens (including phenoxy) is 2. The van der Waals surface area contributed by atoms with Gasteiger partial charge in [-0.15, -0.1) is 0 Å². The molecule has 0 radical (unpaired) electrons. The van der Waals surface area contributed by atoms with Gasteiger partial charge in [0.25, 0.3) is 0 Å². The number of nitrogens with zero attached hydrogens (tertiary/aromatic N) is 1. The molecule has 0 spiro atoms. The highest BCUT2D eigenvalue weighted by molar-refractivity contribution is 5.90. The lowest BCUT2D eigenvalue weighted by Gasteiger charge is -2.29. The summed E-state index contributed by atoms with van der Waals surface area (Å²) < 4.78 is 15.1. The molecule has 2 rings (SSSR count). The Balaban J connectivity index is 1.92. The number of likely N-dealkylation sites (tertiary alicyclic amines) is 1. The van der Waals surface area contributed by atoms with Gasteiger partial charge in [-0.3, -0.25) is 9.69 Å². The number of carbonyl (C=O) groups excluding carboxylic acids is 2. The van der Waals surface area contributed by atoms with E-state index in [-0.39, 0.29) is 17.9 Å². The second-order valence-electron chi connectivity index (χ2n) is 5.25. The van der Waals surface area contributed by atoms with Crippen molar-refractivity contribution in [2.45, 2.75) is 26.3 Å². The first-order chi connectivity index (χ1) is 10.0. The van der Waals surface area contributed by atoms with Crippen molar-refractivity contribution in [3.05, 3.63) is 23.2 Å². The number of rotatable bonds is 4. The molecule has 1 aromatic rings. The lowest BCUT2D eigenvalue weighted by molar-refractivity contribution is -0.147. The Hall–Kier alpha value is -1.82. The first kappa shape index (κ1) is 15.6. The number of methoxy groups -OCH3 is 2. The van der Waals surface area contributed by atoms with E-state index in [1.165, 1.54) is 14.2 Å². The zero-order valence-corrected chi connectivity index (χ0v) is 12.7. The Morgan fingerprint density at radius 1 is 1.29 bits per heavy atom. The molecule has 2 heterocycles. The number of hydrogen-bond acceptors (Lipinski definition) is 6. The van der Waals surface area contributed by atoms with Gasteiger partial charge in [0.05, 0.1) is 26.7 Å². The van der Waals surface area contributed by atoms with E-state index in [0.29, 0.717) is 17.9 Å². The van der Waals surface area contributed by atoms with Crippen LogP contribution in [0.4, 0.5) is 0 Å². The van der Waals surface area contributed by atoms with Crippen LogP contribution < -0.4 is 0 Å². The minimum absolute atomic E-state index is 0.00443. The van der Waals surface area contributed by atoms with Crippen molar-refractivity contribution in [2.24, 2.45) is 5.92 Å².